The predicted molar refractivity (Wildman–Crippen MR) is 74.8 cm³/mol. The van der Waals surface area contributed by atoms with E-state index >= 15 is 0 Å². The smallest absolute Gasteiger partial charge is 0.185 e. The van der Waals surface area contributed by atoms with Gasteiger partial charge in [-0.3, -0.25) is 0 Å². The monoisotopic (exact) mass is 253 g/mol. The minimum atomic E-state index is 0.345. The molecule has 1 saturated heterocycles. The van der Waals surface area contributed by atoms with Crippen LogP contribution in [0.1, 0.15) is 45.3 Å². The van der Waals surface area contributed by atoms with Crippen molar-refractivity contribution in [3.63, 3.8) is 0 Å². The zero-order valence-electron chi connectivity index (χ0n) is 11.2. The van der Waals surface area contributed by atoms with Gasteiger partial charge in [-0.05, 0) is 39.7 Å². The molecule has 0 saturated carbocycles. The first-order chi connectivity index (χ1) is 8.13. The highest BCUT2D eigenvalue weighted by Crippen LogP contribution is 2.31. The summed E-state index contributed by atoms with van der Waals surface area (Å²) >= 11 is 1.78. The van der Waals surface area contributed by atoms with Crippen LogP contribution >= 0.6 is 11.3 Å². The summed E-state index contributed by atoms with van der Waals surface area (Å²) in [5.41, 5.74) is 1.16. The van der Waals surface area contributed by atoms with E-state index in [0.717, 1.165) is 18.2 Å². The van der Waals surface area contributed by atoms with Crippen molar-refractivity contribution in [2.75, 3.05) is 18.5 Å². The second-order valence-electron chi connectivity index (χ2n) is 5.12. The fourth-order valence-corrected chi connectivity index (χ4v) is 3.39. The van der Waals surface area contributed by atoms with E-state index in [4.69, 9.17) is 4.98 Å². The third kappa shape index (κ3) is 2.63. The molecule has 1 aliphatic heterocycles. The Hall–Kier alpha value is -0.610. The van der Waals surface area contributed by atoms with Gasteiger partial charge in [0.2, 0.25) is 0 Å². The van der Waals surface area contributed by atoms with Gasteiger partial charge in [0.05, 0.1) is 5.69 Å². The molecule has 4 heteroatoms. The van der Waals surface area contributed by atoms with E-state index in [2.05, 4.69) is 36.4 Å². The van der Waals surface area contributed by atoms with E-state index in [1.165, 1.54) is 18.0 Å². The molecule has 17 heavy (non-hydrogen) atoms. The Balaban J connectivity index is 2.13. The highest BCUT2D eigenvalue weighted by atomic mass is 32.1. The Morgan fingerprint density at radius 1 is 1.53 bits per heavy atom. The first kappa shape index (κ1) is 12.8. The topological polar surface area (TPSA) is 28.2 Å². The maximum Gasteiger partial charge on any atom is 0.185 e. The van der Waals surface area contributed by atoms with Crippen LogP contribution in [0.15, 0.2) is 5.38 Å². The van der Waals surface area contributed by atoms with Crippen LogP contribution in [-0.2, 0) is 0 Å². The molecule has 1 fully saturated rings. The quantitative estimate of drug-likeness (QED) is 0.897. The third-order valence-electron chi connectivity index (χ3n) is 4.01. The van der Waals surface area contributed by atoms with Crippen LogP contribution in [0.4, 0.5) is 5.13 Å². The van der Waals surface area contributed by atoms with Crippen molar-refractivity contribution in [1.29, 1.82) is 0 Å². The number of piperidine rings is 1. The lowest BCUT2D eigenvalue weighted by molar-refractivity contribution is 0.363. The van der Waals surface area contributed by atoms with Gasteiger partial charge in [0.1, 0.15) is 0 Å². The normalized spacial score (nSPS) is 27.2. The van der Waals surface area contributed by atoms with Crippen molar-refractivity contribution >= 4 is 16.5 Å². The number of nitrogens with one attached hydrogen (secondary N) is 1. The highest BCUT2D eigenvalue weighted by Gasteiger charge is 2.26. The average molecular weight is 253 g/mol. The summed E-state index contributed by atoms with van der Waals surface area (Å²) in [6.45, 7) is 7.99. The van der Waals surface area contributed by atoms with Crippen molar-refractivity contribution in [3.8, 4) is 0 Å². The third-order valence-corrected chi connectivity index (χ3v) is 4.90. The second kappa shape index (κ2) is 5.36. The highest BCUT2D eigenvalue weighted by molar-refractivity contribution is 7.13. The van der Waals surface area contributed by atoms with E-state index in [1.807, 2.05) is 7.05 Å². The van der Waals surface area contributed by atoms with Gasteiger partial charge in [-0.15, -0.1) is 11.3 Å². The van der Waals surface area contributed by atoms with Crippen molar-refractivity contribution in [2.45, 2.75) is 45.7 Å². The summed E-state index contributed by atoms with van der Waals surface area (Å²) in [5.74, 6) is 0.776. The molecule has 0 spiro atoms. The van der Waals surface area contributed by atoms with Crippen molar-refractivity contribution in [2.24, 2.45) is 5.92 Å². The van der Waals surface area contributed by atoms with Crippen molar-refractivity contribution in [3.05, 3.63) is 11.1 Å². The molecule has 1 aromatic heterocycles. The predicted octanol–water partition coefficient (Wildman–Crippen LogP) is 3.05. The lowest BCUT2D eigenvalue weighted by Crippen LogP contribution is -2.42. The summed E-state index contributed by atoms with van der Waals surface area (Å²) in [7, 11) is 1.98. The first-order valence-corrected chi connectivity index (χ1v) is 7.40. The van der Waals surface area contributed by atoms with Gasteiger partial charge in [0.25, 0.3) is 0 Å². The lowest BCUT2D eigenvalue weighted by Gasteiger charge is -2.37. The summed E-state index contributed by atoms with van der Waals surface area (Å²) in [4.78, 5) is 7.25. The molecule has 0 amide bonds. The number of anilines is 1. The minimum Gasteiger partial charge on any atom is -0.345 e. The average Bonchev–Trinajstić information content (AvgIpc) is 2.81. The van der Waals surface area contributed by atoms with Crippen LogP contribution in [0.25, 0.3) is 0 Å². The van der Waals surface area contributed by atoms with Gasteiger partial charge in [-0.2, -0.15) is 0 Å². The molecule has 0 radical (unpaired) electrons. The molecule has 1 aliphatic rings. The molecule has 2 rings (SSSR count). The number of thiazole rings is 1. The van der Waals surface area contributed by atoms with E-state index in [0.29, 0.717) is 12.1 Å². The van der Waals surface area contributed by atoms with Crippen LogP contribution in [0.5, 0.6) is 0 Å². The Labute approximate surface area is 108 Å². The van der Waals surface area contributed by atoms with Gasteiger partial charge < -0.3 is 10.2 Å². The Morgan fingerprint density at radius 3 is 3.00 bits per heavy atom. The second-order valence-corrected chi connectivity index (χ2v) is 5.96. The standard InChI is InChI=1S/C13H23N3S/c1-9-6-5-7-16(11(9)3)13-15-12(8-17-13)10(2)14-4/h8-11,14H,5-7H2,1-4H3. The number of aromatic nitrogens is 1. The van der Waals surface area contributed by atoms with E-state index in [1.54, 1.807) is 11.3 Å². The van der Waals surface area contributed by atoms with Crippen LogP contribution in [-0.4, -0.2) is 24.6 Å². The summed E-state index contributed by atoms with van der Waals surface area (Å²) in [6.07, 6.45) is 2.64. The Morgan fingerprint density at radius 2 is 2.29 bits per heavy atom. The molecule has 3 atom stereocenters. The van der Waals surface area contributed by atoms with Crippen LogP contribution in [0, 0.1) is 5.92 Å². The molecule has 0 aromatic carbocycles. The number of hydrogen-bond donors (Lipinski definition) is 1. The Bertz CT molecular complexity index is 363. The van der Waals surface area contributed by atoms with Gasteiger partial charge >= 0.3 is 0 Å². The number of nitrogens with zero attached hydrogens (tertiary/aromatic N) is 2. The van der Waals surface area contributed by atoms with Crippen molar-refractivity contribution < 1.29 is 0 Å². The van der Waals surface area contributed by atoms with E-state index < -0.39 is 0 Å². The van der Waals surface area contributed by atoms with Crippen LogP contribution in [0.2, 0.25) is 0 Å². The minimum absolute atomic E-state index is 0.345. The zero-order chi connectivity index (χ0) is 12.4. The summed E-state index contributed by atoms with van der Waals surface area (Å²) < 4.78 is 0. The molecule has 0 bridgehead atoms. The number of hydrogen-bond acceptors (Lipinski definition) is 4. The SMILES string of the molecule is CNC(C)c1csc(N2CCCC(C)C2C)n1. The van der Waals surface area contributed by atoms with Crippen LogP contribution < -0.4 is 10.2 Å². The molecule has 0 aliphatic carbocycles. The largest absolute Gasteiger partial charge is 0.345 e. The summed E-state index contributed by atoms with van der Waals surface area (Å²) in [6, 6.07) is 0.963. The van der Waals surface area contributed by atoms with Crippen LogP contribution in [0.3, 0.4) is 0 Å². The van der Waals surface area contributed by atoms with Gasteiger partial charge in [0, 0.05) is 24.0 Å². The Kier molecular flexibility index (Phi) is 4.05. The number of rotatable bonds is 3. The molecular weight excluding hydrogens is 230 g/mol. The molecule has 2 heterocycles. The maximum absolute atomic E-state index is 4.77. The van der Waals surface area contributed by atoms with Gasteiger partial charge in [-0.1, -0.05) is 6.92 Å². The fourth-order valence-electron chi connectivity index (χ4n) is 2.36. The molecule has 1 aromatic rings. The fraction of sp³-hybridized carbons (Fsp3) is 0.769. The molecular formula is C13H23N3S. The van der Waals surface area contributed by atoms with Crippen molar-refractivity contribution in [1.82, 2.24) is 10.3 Å². The van der Waals surface area contributed by atoms with Gasteiger partial charge in [0.15, 0.2) is 5.13 Å². The van der Waals surface area contributed by atoms with E-state index in [9.17, 15) is 0 Å². The molecule has 96 valence electrons. The lowest BCUT2D eigenvalue weighted by atomic mass is 9.93. The summed E-state index contributed by atoms with van der Waals surface area (Å²) in [5, 5.41) is 6.62. The maximum atomic E-state index is 4.77. The first-order valence-electron chi connectivity index (χ1n) is 6.52. The molecule has 3 unspecified atom stereocenters. The van der Waals surface area contributed by atoms with Gasteiger partial charge in [-0.25, -0.2) is 4.98 Å². The zero-order valence-corrected chi connectivity index (χ0v) is 12.0. The van der Waals surface area contributed by atoms with E-state index in [-0.39, 0.29) is 0 Å². The molecule has 1 N–H and O–H groups in total. The molecule has 3 nitrogen and oxygen atoms in total.